The molecule has 10 heteroatoms. The summed E-state index contributed by atoms with van der Waals surface area (Å²) in [4.78, 5) is 28.0. The number of carbonyl (C=O) groups excluding carboxylic acids is 1. The van der Waals surface area contributed by atoms with Crippen LogP contribution in [0.5, 0.6) is 0 Å². The number of likely N-dealkylation sites (tertiary alicyclic amines) is 1. The minimum Gasteiger partial charge on any atom is -0.481 e. The predicted octanol–water partition coefficient (Wildman–Crippen LogP) is 5.55. The molecular weight excluding hydrogens is 547 g/mol. The zero-order chi connectivity index (χ0) is 27.6. The smallest absolute Gasteiger partial charge is 0.304 e. The summed E-state index contributed by atoms with van der Waals surface area (Å²) in [7, 11) is -2.83. The molecule has 4 rings (SSSR count). The summed E-state index contributed by atoms with van der Waals surface area (Å²) in [6.45, 7) is 4.23. The number of hydrogen-bond donors (Lipinski definition) is 2. The van der Waals surface area contributed by atoms with Crippen LogP contribution in [0.25, 0.3) is 0 Å². The van der Waals surface area contributed by atoms with Gasteiger partial charge in [0.05, 0.1) is 17.9 Å². The number of halogens is 2. The Balaban J connectivity index is 1.86. The Kier molecular flexibility index (Phi) is 9.07. The first kappa shape index (κ1) is 28.9. The molecule has 2 aromatic rings. The molecular formula is C28H34Cl2N2O5S. The van der Waals surface area contributed by atoms with E-state index in [1.54, 1.807) is 30.0 Å². The van der Waals surface area contributed by atoms with Gasteiger partial charge in [0.2, 0.25) is 16.8 Å². The van der Waals surface area contributed by atoms with Gasteiger partial charge < -0.3 is 10.0 Å². The van der Waals surface area contributed by atoms with Gasteiger partial charge in [-0.2, -0.15) is 0 Å². The lowest BCUT2D eigenvalue weighted by atomic mass is 9.67. The highest BCUT2D eigenvalue weighted by atomic mass is 35.5. The number of aliphatic carboxylic acids is 1. The lowest BCUT2D eigenvalue weighted by Gasteiger charge is -2.52. The standard InChI is InChI=1S/C28H34Cl2N2O5S/c1-3-23(17-31(38(36)37)16-18-7-8-18)32-26(19-9-11-21(29)12-10-19)24(20-5-4-6-22(30)13-20)14-28(2,27(32)35)15-25(33)34/h4-6,9-13,18,23-24,26,38H,3,7-8,14-17H2,1-2H3,(H,33,34)/t23-,24+,26+,28+/m0/s1. The van der Waals surface area contributed by atoms with Gasteiger partial charge >= 0.3 is 5.97 Å². The highest BCUT2D eigenvalue weighted by molar-refractivity contribution is 7.69. The lowest BCUT2D eigenvalue weighted by molar-refractivity contribution is -0.160. The molecule has 0 bridgehead atoms. The van der Waals surface area contributed by atoms with Gasteiger partial charge in [-0.25, -0.2) is 12.7 Å². The molecule has 2 aliphatic rings. The van der Waals surface area contributed by atoms with Crippen LogP contribution in [0, 0.1) is 11.3 Å². The molecule has 1 heterocycles. The van der Waals surface area contributed by atoms with E-state index in [2.05, 4.69) is 0 Å². The van der Waals surface area contributed by atoms with E-state index in [-0.39, 0.29) is 24.8 Å². The molecule has 1 aliphatic carbocycles. The summed E-state index contributed by atoms with van der Waals surface area (Å²) < 4.78 is 25.9. The third-order valence-corrected chi connectivity index (χ3v) is 9.09. The van der Waals surface area contributed by atoms with Crippen LogP contribution < -0.4 is 0 Å². The molecule has 0 radical (unpaired) electrons. The number of hydrogen-bond acceptors (Lipinski definition) is 4. The molecule has 1 N–H and O–H groups in total. The van der Waals surface area contributed by atoms with Crippen molar-refractivity contribution in [3.63, 3.8) is 0 Å². The zero-order valence-corrected chi connectivity index (χ0v) is 24.0. The number of rotatable bonds is 11. The molecule has 0 spiro atoms. The predicted molar refractivity (Wildman–Crippen MR) is 149 cm³/mol. The largest absolute Gasteiger partial charge is 0.481 e. The van der Waals surface area contributed by atoms with Crippen molar-refractivity contribution in [2.24, 2.45) is 11.3 Å². The van der Waals surface area contributed by atoms with Crippen molar-refractivity contribution in [2.75, 3.05) is 13.1 Å². The normalized spacial score (nSPS) is 24.7. The molecule has 2 fully saturated rings. The van der Waals surface area contributed by atoms with Crippen molar-refractivity contribution in [2.45, 2.75) is 64.0 Å². The molecule has 0 aromatic heterocycles. The van der Waals surface area contributed by atoms with Crippen LogP contribution in [-0.4, -0.2) is 53.7 Å². The molecule has 2 aromatic carbocycles. The number of carboxylic acid groups (broad SMARTS) is 1. The Morgan fingerprint density at radius 2 is 1.82 bits per heavy atom. The summed E-state index contributed by atoms with van der Waals surface area (Å²) in [6.07, 6.45) is 2.48. The van der Waals surface area contributed by atoms with Crippen LogP contribution >= 0.6 is 23.2 Å². The maximum absolute atomic E-state index is 14.3. The van der Waals surface area contributed by atoms with Gasteiger partial charge in [0.15, 0.2) is 0 Å². The Labute approximate surface area is 235 Å². The van der Waals surface area contributed by atoms with E-state index in [0.717, 1.165) is 24.0 Å². The highest BCUT2D eigenvalue weighted by Gasteiger charge is 2.52. The maximum Gasteiger partial charge on any atom is 0.304 e. The maximum atomic E-state index is 14.3. The first-order valence-corrected chi connectivity index (χ1v) is 14.9. The minimum atomic E-state index is -2.83. The molecule has 4 atom stereocenters. The molecule has 0 unspecified atom stereocenters. The number of carboxylic acids is 1. The fourth-order valence-electron chi connectivity index (χ4n) is 5.74. The fourth-order valence-corrected chi connectivity index (χ4v) is 6.76. The summed E-state index contributed by atoms with van der Waals surface area (Å²) in [5.41, 5.74) is 0.561. The fraction of sp³-hybridized carbons (Fsp3) is 0.500. The van der Waals surface area contributed by atoms with Crippen LogP contribution in [-0.2, 0) is 20.5 Å². The Bertz CT molecular complexity index is 1240. The number of nitrogens with zero attached hydrogens (tertiary/aromatic N) is 2. The number of thiol groups is 1. The van der Waals surface area contributed by atoms with Crippen molar-refractivity contribution in [1.29, 1.82) is 0 Å². The van der Waals surface area contributed by atoms with Crippen LogP contribution in [0.2, 0.25) is 10.0 Å². The Hall–Kier alpha value is -2.13. The van der Waals surface area contributed by atoms with Crippen molar-refractivity contribution in [1.82, 2.24) is 9.21 Å². The van der Waals surface area contributed by atoms with E-state index in [4.69, 9.17) is 23.2 Å². The average Bonchev–Trinajstić information content (AvgIpc) is 3.68. The molecule has 206 valence electrons. The number of amides is 1. The zero-order valence-electron chi connectivity index (χ0n) is 21.6. The summed E-state index contributed by atoms with van der Waals surface area (Å²) in [5.74, 6) is -1.26. The summed E-state index contributed by atoms with van der Waals surface area (Å²) >= 11 is 12.6. The van der Waals surface area contributed by atoms with Gasteiger partial charge in [-0.1, -0.05) is 61.3 Å². The molecule has 1 aliphatic heterocycles. The topological polar surface area (TPSA) is 95.0 Å². The Morgan fingerprint density at radius 3 is 2.37 bits per heavy atom. The van der Waals surface area contributed by atoms with E-state index in [9.17, 15) is 23.1 Å². The highest BCUT2D eigenvalue weighted by Crippen LogP contribution is 2.52. The lowest BCUT2D eigenvalue weighted by Crippen LogP contribution is -2.58. The van der Waals surface area contributed by atoms with E-state index in [0.29, 0.717) is 35.3 Å². The molecule has 1 saturated heterocycles. The van der Waals surface area contributed by atoms with Crippen molar-refractivity contribution in [3.05, 3.63) is 69.7 Å². The quantitative estimate of drug-likeness (QED) is 0.340. The van der Waals surface area contributed by atoms with Crippen LogP contribution in [0.1, 0.15) is 69.0 Å². The second kappa shape index (κ2) is 11.9. The monoisotopic (exact) mass is 580 g/mol. The van der Waals surface area contributed by atoms with Crippen molar-refractivity contribution in [3.8, 4) is 0 Å². The van der Waals surface area contributed by atoms with Crippen LogP contribution in [0.4, 0.5) is 0 Å². The van der Waals surface area contributed by atoms with Crippen molar-refractivity contribution >= 4 is 46.0 Å². The number of piperidine rings is 1. The van der Waals surface area contributed by atoms with E-state index >= 15 is 0 Å². The molecule has 1 saturated carbocycles. The second-order valence-corrected chi connectivity index (χ2v) is 12.7. The second-order valence-electron chi connectivity index (χ2n) is 10.8. The third-order valence-electron chi connectivity index (χ3n) is 7.81. The molecule has 1 amide bonds. The van der Waals surface area contributed by atoms with Crippen LogP contribution in [0.15, 0.2) is 48.5 Å². The SMILES string of the molecule is CC[C@@H](CN(CC1CC1)[SH](=O)=O)N1C(=O)[C@@](C)(CC(=O)O)C[C@H](c2cccc(Cl)c2)[C@H]1c1ccc(Cl)cc1. The first-order chi connectivity index (χ1) is 18.0. The first-order valence-electron chi connectivity index (χ1n) is 13.0. The van der Waals surface area contributed by atoms with Crippen LogP contribution in [0.3, 0.4) is 0 Å². The van der Waals surface area contributed by atoms with Gasteiger partial charge in [0, 0.05) is 35.1 Å². The van der Waals surface area contributed by atoms with E-state index in [1.807, 2.05) is 37.3 Å². The Morgan fingerprint density at radius 1 is 1.13 bits per heavy atom. The summed E-state index contributed by atoms with van der Waals surface area (Å²) in [5, 5.41) is 10.9. The minimum absolute atomic E-state index is 0.160. The van der Waals surface area contributed by atoms with E-state index < -0.39 is 34.4 Å². The third kappa shape index (κ3) is 6.53. The summed E-state index contributed by atoms with van der Waals surface area (Å²) in [6, 6.07) is 13.8. The van der Waals surface area contributed by atoms with Gasteiger partial charge in [-0.3, -0.25) is 9.59 Å². The molecule has 38 heavy (non-hydrogen) atoms. The number of carbonyl (C=O) groups is 2. The number of benzene rings is 2. The van der Waals surface area contributed by atoms with Gasteiger partial charge in [0.25, 0.3) is 0 Å². The molecule has 7 nitrogen and oxygen atoms in total. The van der Waals surface area contributed by atoms with E-state index in [1.165, 1.54) is 4.31 Å². The van der Waals surface area contributed by atoms with Gasteiger partial charge in [0.1, 0.15) is 0 Å². The van der Waals surface area contributed by atoms with Gasteiger partial charge in [-0.05, 0) is 67.0 Å². The average molecular weight is 582 g/mol. The van der Waals surface area contributed by atoms with Gasteiger partial charge in [-0.15, -0.1) is 0 Å². The van der Waals surface area contributed by atoms with Crippen molar-refractivity contribution < 1.29 is 23.1 Å².